The van der Waals surface area contributed by atoms with Gasteiger partial charge in [-0.2, -0.15) is 0 Å². The van der Waals surface area contributed by atoms with Crippen molar-refractivity contribution >= 4 is 12.0 Å². The monoisotopic (exact) mass is 283 g/mol. The second kappa shape index (κ2) is 5.99. The van der Waals surface area contributed by atoms with Gasteiger partial charge in [0.15, 0.2) is 0 Å². The number of hydrogen-bond donors (Lipinski definition) is 2. The fourth-order valence-electron chi connectivity index (χ4n) is 3.29. The third-order valence-electron chi connectivity index (χ3n) is 4.62. The summed E-state index contributed by atoms with van der Waals surface area (Å²) in [5.41, 5.74) is 5.10. The van der Waals surface area contributed by atoms with Crippen LogP contribution < -0.4 is 5.73 Å². The highest BCUT2D eigenvalue weighted by Gasteiger charge is 2.46. The molecule has 0 spiro atoms. The number of urea groups is 1. The van der Waals surface area contributed by atoms with Crippen LogP contribution in [0.25, 0.3) is 0 Å². The Kier molecular flexibility index (Phi) is 4.52. The average Bonchev–Trinajstić information content (AvgIpc) is 2.85. The summed E-state index contributed by atoms with van der Waals surface area (Å²) < 4.78 is 0. The molecule has 2 aliphatic rings. The zero-order chi connectivity index (χ0) is 14.8. The molecule has 3 N–H and O–H groups in total. The molecule has 0 aromatic heterocycles. The zero-order valence-corrected chi connectivity index (χ0v) is 12.2. The van der Waals surface area contributed by atoms with E-state index in [1.54, 1.807) is 4.90 Å². The maximum atomic E-state index is 12.4. The van der Waals surface area contributed by atoms with Crippen molar-refractivity contribution in [1.29, 1.82) is 0 Å². The van der Waals surface area contributed by atoms with Gasteiger partial charge in [0.05, 0.1) is 5.41 Å². The van der Waals surface area contributed by atoms with Crippen molar-refractivity contribution in [3.63, 3.8) is 0 Å². The maximum Gasteiger partial charge on any atom is 0.320 e. The van der Waals surface area contributed by atoms with Crippen LogP contribution in [-0.2, 0) is 4.79 Å². The number of nitrogens with zero attached hydrogens (tertiary/aromatic N) is 2. The molecule has 0 bridgehead atoms. The summed E-state index contributed by atoms with van der Waals surface area (Å²) in [6.45, 7) is 4.25. The highest BCUT2D eigenvalue weighted by molar-refractivity contribution is 5.80. The molecule has 2 rings (SSSR count). The predicted octanol–water partition coefficient (Wildman–Crippen LogP) is 1.11. The van der Waals surface area contributed by atoms with Crippen molar-refractivity contribution in [2.45, 2.75) is 45.1 Å². The quantitative estimate of drug-likeness (QED) is 0.812. The van der Waals surface area contributed by atoms with E-state index in [0.717, 1.165) is 19.3 Å². The molecule has 1 atom stereocenters. The molecule has 6 nitrogen and oxygen atoms in total. The summed E-state index contributed by atoms with van der Waals surface area (Å²) in [6, 6.07) is 0.173. The fraction of sp³-hybridized carbons (Fsp3) is 0.857. The van der Waals surface area contributed by atoms with Crippen molar-refractivity contribution in [3.05, 3.63) is 0 Å². The van der Waals surface area contributed by atoms with Gasteiger partial charge in [-0.25, -0.2) is 4.79 Å². The SMILES string of the molecule is CCCC1(C(=O)O)CCN(C(=O)N2CCC(N)CC2)C1. The molecule has 114 valence electrons. The first kappa shape index (κ1) is 15.1. The lowest BCUT2D eigenvalue weighted by Gasteiger charge is -2.34. The average molecular weight is 283 g/mol. The van der Waals surface area contributed by atoms with Crippen LogP contribution in [0.4, 0.5) is 4.79 Å². The van der Waals surface area contributed by atoms with E-state index in [4.69, 9.17) is 5.73 Å². The van der Waals surface area contributed by atoms with E-state index in [9.17, 15) is 14.7 Å². The molecule has 1 unspecified atom stereocenters. The minimum atomic E-state index is -0.768. The Bertz CT molecular complexity index is 380. The number of hydrogen-bond acceptors (Lipinski definition) is 3. The number of rotatable bonds is 3. The van der Waals surface area contributed by atoms with Crippen LogP contribution in [0.2, 0.25) is 0 Å². The maximum absolute atomic E-state index is 12.4. The lowest BCUT2D eigenvalue weighted by molar-refractivity contribution is -0.148. The Hall–Kier alpha value is -1.30. The molecule has 0 radical (unpaired) electrons. The van der Waals surface area contributed by atoms with Crippen LogP contribution >= 0.6 is 0 Å². The third-order valence-corrected chi connectivity index (χ3v) is 4.62. The highest BCUT2D eigenvalue weighted by atomic mass is 16.4. The van der Waals surface area contributed by atoms with Gasteiger partial charge in [0.2, 0.25) is 0 Å². The lowest BCUT2D eigenvalue weighted by atomic mass is 9.83. The minimum Gasteiger partial charge on any atom is -0.481 e. The Labute approximate surface area is 119 Å². The van der Waals surface area contributed by atoms with Crippen LogP contribution in [-0.4, -0.2) is 59.1 Å². The van der Waals surface area contributed by atoms with E-state index in [1.807, 2.05) is 11.8 Å². The second-order valence-electron chi connectivity index (χ2n) is 6.11. The molecule has 20 heavy (non-hydrogen) atoms. The van der Waals surface area contributed by atoms with Crippen LogP contribution in [0.3, 0.4) is 0 Å². The van der Waals surface area contributed by atoms with Crippen LogP contribution in [0.1, 0.15) is 39.0 Å². The first-order valence-corrected chi connectivity index (χ1v) is 7.51. The zero-order valence-electron chi connectivity index (χ0n) is 12.2. The number of amides is 2. The summed E-state index contributed by atoms with van der Waals surface area (Å²) in [7, 11) is 0. The molecule has 0 aromatic rings. The Morgan fingerprint density at radius 1 is 1.25 bits per heavy atom. The predicted molar refractivity (Wildman–Crippen MR) is 75.3 cm³/mol. The molecule has 0 saturated carbocycles. The molecular formula is C14H25N3O3. The van der Waals surface area contributed by atoms with Gasteiger partial charge in [0, 0.05) is 32.2 Å². The van der Waals surface area contributed by atoms with E-state index >= 15 is 0 Å². The van der Waals surface area contributed by atoms with Gasteiger partial charge in [0.1, 0.15) is 0 Å². The van der Waals surface area contributed by atoms with Gasteiger partial charge < -0.3 is 20.6 Å². The van der Waals surface area contributed by atoms with Crippen molar-refractivity contribution < 1.29 is 14.7 Å². The number of aliphatic carboxylic acids is 1. The summed E-state index contributed by atoms with van der Waals surface area (Å²) in [6.07, 6.45) is 3.69. The number of piperidine rings is 1. The minimum absolute atomic E-state index is 0.0175. The number of carbonyl (C=O) groups is 2. The summed E-state index contributed by atoms with van der Waals surface area (Å²) in [5, 5.41) is 9.47. The fourth-order valence-corrected chi connectivity index (χ4v) is 3.29. The lowest BCUT2D eigenvalue weighted by Crippen LogP contribution is -2.49. The van der Waals surface area contributed by atoms with Gasteiger partial charge in [-0.1, -0.05) is 13.3 Å². The largest absolute Gasteiger partial charge is 0.481 e. The first-order chi connectivity index (χ1) is 9.48. The molecule has 2 amide bonds. The van der Waals surface area contributed by atoms with E-state index < -0.39 is 11.4 Å². The van der Waals surface area contributed by atoms with Crippen LogP contribution in [0, 0.1) is 5.41 Å². The molecule has 0 aromatic carbocycles. The van der Waals surface area contributed by atoms with Crippen LogP contribution in [0.5, 0.6) is 0 Å². The number of likely N-dealkylation sites (tertiary alicyclic amines) is 2. The van der Waals surface area contributed by atoms with Gasteiger partial charge in [-0.3, -0.25) is 4.79 Å². The van der Waals surface area contributed by atoms with Crippen molar-refractivity contribution in [1.82, 2.24) is 9.80 Å². The molecule has 2 heterocycles. The molecule has 0 aliphatic carbocycles. The second-order valence-corrected chi connectivity index (χ2v) is 6.11. The Balaban J connectivity index is 1.97. The van der Waals surface area contributed by atoms with Gasteiger partial charge >= 0.3 is 12.0 Å². The smallest absolute Gasteiger partial charge is 0.320 e. The number of nitrogens with two attached hydrogens (primary N) is 1. The van der Waals surface area contributed by atoms with Crippen molar-refractivity contribution in [3.8, 4) is 0 Å². The van der Waals surface area contributed by atoms with Gasteiger partial charge in [0.25, 0.3) is 0 Å². The van der Waals surface area contributed by atoms with E-state index in [0.29, 0.717) is 39.0 Å². The van der Waals surface area contributed by atoms with Crippen molar-refractivity contribution in [2.24, 2.45) is 11.1 Å². The number of carboxylic acid groups (broad SMARTS) is 1. The van der Waals surface area contributed by atoms with Crippen LogP contribution in [0.15, 0.2) is 0 Å². The molecular weight excluding hydrogens is 258 g/mol. The summed E-state index contributed by atoms with van der Waals surface area (Å²) in [5.74, 6) is -0.768. The summed E-state index contributed by atoms with van der Waals surface area (Å²) in [4.78, 5) is 27.5. The molecule has 2 aliphatic heterocycles. The Morgan fingerprint density at radius 3 is 2.45 bits per heavy atom. The number of carbonyl (C=O) groups excluding carboxylic acids is 1. The van der Waals surface area contributed by atoms with Gasteiger partial charge in [-0.05, 0) is 25.7 Å². The first-order valence-electron chi connectivity index (χ1n) is 7.51. The Morgan fingerprint density at radius 2 is 1.90 bits per heavy atom. The standard InChI is InChI=1S/C14H25N3O3/c1-2-5-14(12(18)19)6-9-17(10-14)13(20)16-7-3-11(15)4-8-16/h11H,2-10,15H2,1H3,(H,18,19). The molecule has 2 saturated heterocycles. The molecule has 6 heteroatoms. The van der Waals surface area contributed by atoms with E-state index in [2.05, 4.69) is 0 Å². The van der Waals surface area contributed by atoms with Crippen molar-refractivity contribution in [2.75, 3.05) is 26.2 Å². The number of carboxylic acids is 1. The summed E-state index contributed by atoms with van der Waals surface area (Å²) >= 11 is 0. The van der Waals surface area contributed by atoms with Gasteiger partial charge in [-0.15, -0.1) is 0 Å². The topological polar surface area (TPSA) is 86.9 Å². The van der Waals surface area contributed by atoms with E-state index in [1.165, 1.54) is 0 Å². The third kappa shape index (κ3) is 2.90. The normalized spacial score (nSPS) is 27.9. The molecule has 2 fully saturated rings. The highest BCUT2D eigenvalue weighted by Crippen LogP contribution is 2.36. The van der Waals surface area contributed by atoms with E-state index in [-0.39, 0.29) is 12.1 Å².